The summed E-state index contributed by atoms with van der Waals surface area (Å²) in [5.41, 5.74) is 7.45. The molecule has 0 aliphatic heterocycles. The van der Waals surface area contributed by atoms with Crippen molar-refractivity contribution in [3.05, 3.63) is 76.6 Å². The zero-order valence-corrected chi connectivity index (χ0v) is 18.8. The molecule has 1 aliphatic rings. The molecule has 0 amide bonds. The third-order valence-corrected chi connectivity index (χ3v) is 6.70. The number of fused-ring (bicyclic) bond motifs is 2. The van der Waals surface area contributed by atoms with Crippen molar-refractivity contribution in [2.45, 2.75) is 38.3 Å². The molecule has 0 spiro atoms. The van der Waals surface area contributed by atoms with Crippen LogP contribution in [0.15, 0.2) is 53.6 Å². The molecule has 8 nitrogen and oxygen atoms in total. The maximum atomic E-state index is 14.6. The molecule has 2 aromatic carbocycles. The molecule has 10 heteroatoms. The number of anilines is 1. The standard InChI is InChI=1S/C25H21F2N7O/c1-13(23-31-18-10-4-9-17(27)19(18)25(35)33(23)16-7-3-8-16)34-24-20(22(28)29-12-30-24)21(32-34)14-5-2-6-15(26)11-14/h2,4-6,9-13,16H,3,7-8H2,1H3,(H2,28,29,30). The molecule has 0 saturated heterocycles. The number of hydrogen-bond acceptors (Lipinski definition) is 6. The van der Waals surface area contributed by atoms with Gasteiger partial charge in [0.25, 0.3) is 5.56 Å². The average molecular weight is 473 g/mol. The largest absolute Gasteiger partial charge is 0.383 e. The smallest absolute Gasteiger partial charge is 0.264 e. The van der Waals surface area contributed by atoms with Crippen LogP contribution in [-0.4, -0.2) is 29.3 Å². The molecule has 35 heavy (non-hydrogen) atoms. The summed E-state index contributed by atoms with van der Waals surface area (Å²) in [6.07, 6.45) is 3.94. The lowest BCUT2D eigenvalue weighted by molar-refractivity contribution is 0.288. The predicted molar refractivity (Wildman–Crippen MR) is 128 cm³/mol. The van der Waals surface area contributed by atoms with Gasteiger partial charge in [-0.05, 0) is 50.5 Å². The van der Waals surface area contributed by atoms with Crippen molar-refractivity contribution in [2.75, 3.05) is 5.73 Å². The molecule has 6 rings (SSSR count). The predicted octanol–water partition coefficient (Wildman–Crippen LogP) is 4.40. The fourth-order valence-electron chi connectivity index (χ4n) is 4.72. The first-order valence-corrected chi connectivity index (χ1v) is 11.4. The van der Waals surface area contributed by atoms with Crippen LogP contribution in [0.3, 0.4) is 0 Å². The highest BCUT2D eigenvalue weighted by molar-refractivity contribution is 5.98. The van der Waals surface area contributed by atoms with E-state index in [0.29, 0.717) is 28.1 Å². The van der Waals surface area contributed by atoms with Crippen molar-refractivity contribution in [3.63, 3.8) is 0 Å². The molecular weight excluding hydrogens is 452 g/mol. The Bertz CT molecular complexity index is 1670. The van der Waals surface area contributed by atoms with E-state index in [4.69, 9.17) is 15.8 Å². The summed E-state index contributed by atoms with van der Waals surface area (Å²) in [4.78, 5) is 26.7. The highest BCUT2D eigenvalue weighted by Gasteiger charge is 2.30. The van der Waals surface area contributed by atoms with Gasteiger partial charge in [-0.1, -0.05) is 18.2 Å². The summed E-state index contributed by atoms with van der Waals surface area (Å²) in [5, 5.41) is 5.21. The first-order valence-electron chi connectivity index (χ1n) is 11.4. The molecule has 3 aromatic heterocycles. The molecule has 3 heterocycles. The topological polar surface area (TPSA) is 105 Å². The van der Waals surface area contributed by atoms with Gasteiger partial charge in [-0.25, -0.2) is 28.4 Å². The Morgan fingerprint density at radius 2 is 1.89 bits per heavy atom. The molecular formula is C25H21F2N7O. The van der Waals surface area contributed by atoms with Crippen LogP contribution in [0.4, 0.5) is 14.6 Å². The number of nitrogen functional groups attached to an aromatic ring is 1. The van der Waals surface area contributed by atoms with Crippen molar-refractivity contribution in [1.29, 1.82) is 0 Å². The Hall–Kier alpha value is -4.21. The molecule has 1 unspecified atom stereocenters. The zero-order chi connectivity index (χ0) is 24.3. The molecule has 5 aromatic rings. The molecule has 0 bridgehead atoms. The van der Waals surface area contributed by atoms with E-state index < -0.39 is 23.2 Å². The number of benzene rings is 2. The van der Waals surface area contributed by atoms with Gasteiger partial charge in [0.1, 0.15) is 46.7 Å². The van der Waals surface area contributed by atoms with Gasteiger partial charge < -0.3 is 5.73 Å². The van der Waals surface area contributed by atoms with Gasteiger partial charge in [0.15, 0.2) is 5.65 Å². The van der Waals surface area contributed by atoms with E-state index in [0.717, 1.165) is 19.3 Å². The van der Waals surface area contributed by atoms with Crippen LogP contribution in [0, 0.1) is 11.6 Å². The van der Waals surface area contributed by atoms with Crippen molar-refractivity contribution in [1.82, 2.24) is 29.3 Å². The number of halogens is 2. The Morgan fingerprint density at radius 1 is 1.09 bits per heavy atom. The average Bonchev–Trinajstić information content (AvgIpc) is 3.20. The van der Waals surface area contributed by atoms with Crippen LogP contribution in [0.25, 0.3) is 33.2 Å². The van der Waals surface area contributed by atoms with Gasteiger partial charge in [-0.15, -0.1) is 0 Å². The van der Waals surface area contributed by atoms with Gasteiger partial charge in [0, 0.05) is 11.6 Å². The second-order valence-corrected chi connectivity index (χ2v) is 8.80. The monoisotopic (exact) mass is 473 g/mol. The second-order valence-electron chi connectivity index (χ2n) is 8.80. The summed E-state index contributed by atoms with van der Waals surface area (Å²) in [6.45, 7) is 1.85. The van der Waals surface area contributed by atoms with Crippen molar-refractivity contribution >= 4 is 27.8 Å². The van der Waals surface area contributed by atoms with Crippen LogP contribution in [0.1, 0.15) is 44.1 Å². The Morgan fingerprint density at radius 3 is 2.63 bits per heavy atom. The molecule has 1 fully saturated rings. The summed E-state index contributed by atoms with van der Waals surface area (Å²) in [5.74, 6) is -0.348. The highest BCUT2D eigenvalue weighted by atomic mass is 19.1. The van der Waals surface area contributed by atoms with Gasteiger partial charge in [-0.2, -0.15) is 5.10 Å². The van der Waals surface area contributed by atoms with E-state index in [2.05, 4.69) is 9.97 Å². The van der Waals surface area contributed by atoms with E-state index in [1.807, 2.05) is 6.92 Å². The van der Waals surface area contributed by atoms with Crippen molar-refractivity contribution < 1.29 is 8.78 Å². The number of aromatic nitrogens is 6. The lowest BCUT2D eigenvalue weighted by atomic mass is 9.92. The number of hydrogen-bond donors (Lipinski definition) is 1. The fourth-order valence-corrected chi connectivity index (χ4v) is 4.72. The SMILES string of the molecule is CC(c1nc2cccc(F)c2c(=O)n1C1CCC1)n1nc(-c2cccc(F)c2)c2c(N)ncnc21. The van der Waals surface area contributed by atoms with Gasteiger partial charge in [-0.3, -0.25) is 9.36 Å². The van der Waals surface area contributed by atoms with Crippen molar-refractivity contribution in [3.8, 4) is 11.3 Å². The van der Waals surface area contributed by atoms with Gasteiger partial charge in [0.2, 0.25) is 0 Å². The van der Waals surface area contributed by atoms with Gasteiger partial charge in [0.05, 0.1) is 10.9 Å². The van der Waals surface area contributed by atoms with E-state index in [-0.39, 0.29) is 22.8 Å². The van der Waals surface area contributed by atoms with Crippen LogP contribution < -0.4 is 11.3 Å². The van der Waals surface area contributed by atoms with Crippen LogP contribution in [0.2, 0.25) is 0 Å². The Labute approximate surface area is 198 Å². The minimum Gasteiger partial charge on any atom is -0.383 e. The van der Waals surface area contributed by atoms with Crippen LogP contribution in [0.5, 0.6) is 0 Å². The first kappa shape index (κ1) is 21.3. The summed E-state index contributed by atoms with van der Waals surface area (Å²) in [6, 6.07) is 9.83. The lowest BCUT2D eigenvalue weighted by Gasteiger charge is -2.31. The fraction of sp³-hybridized carbons (Fsp3) is 0.240. The molecule has 176 valence electrons. The Kier molecular flexibility index (Phi) is 4.84. The molecule has 1 atom stereocenters. The molecule has 0 radical (unpaired) electrons. The number of rotatable bonds is 4. The lowest BCUT2D eigenvalue weighted by Crippen LogP contribution is -2.35. The Balaban J connectivity index is 1.62. The van der Waals surface area contributed by atoms with Crippen molar-refractivity contribution in [2.24, 2.45) is 0 Å². The molecule has 1 aliphatic carbocycles. The third kappa shape index (κ3) is 3.28. The number of nitrogens with two attached hydrogens (primary N) is 1. The zero-order valence-electron chi connectivity index (χ0n) is 18.8. The highest BCUT2D eigenvalue weighted by Crippen LogP contribution is 2.36. The minimum absolute atomic E-state index is 0.0207. The molecule has 2 N–H and O–H groups in total. The van der Waals surface area contributed by atoms with Crippen LogP contribution >= 0.6 is 0 Å². The third-order valence-electron chi connectivity index (χ3n) is 6.70. The summed E-state index contributed by atoms with van der Waals surface area (Å²) in [7, 11) is 0. The van der Waals surface area contributed by atoms with Gasteiger partial charge >= 0.3 is 0 Å². The van der Waals surface area contributed by atoms with Crippen LogP contribution in [-0.2, 0) is 0 Å². The molecule has 1 saturated carbocycles. The summed E-state index contributed by atoms with van der Waals surface area (Å²) >= 11 is 0. The first-order chi connectivity index (χ1) is 16.9. The maximum Gasteiger partial charge on any atom is 0.264 e. The van der Waals surface area contributed by atoms with E-state index >= 15 is 0 Å². The minimum atomic E-state index is -0.592. The van der Waals surface area contributed by atoms with E-state index in [9.17, 15) is 13.6 Å². The van der Waals surface area contributed by atoms with E-state index in [1.54, 1.807) is 27.4 Å². The number of nitrogens with zero attached hydrogens (tertiary/aromatic N) is 6. The second kappa shape index (κ2) is 7.93. The van der Waals surface area contributed by atoms with E-state index in [1.165, 1.54) is 30.6 Å². The normalized spacial score (nSPS) is 14.9. The maximum absolute atomic E-state index is 14.6. The summed E-state index contributed by atoms with van der Waals surface area (Å²) < 4.78 is 31.9. The quantitative estimate of drug-likeness (QED) is 0.415.